The highest BCUT2D eigenvalue weighted by atomic mass is 127. The summed E-state index contributed by atoms with van der Waals surface area (Å²) in [6, 6.07) is 2.49. The Kier molecular flexibility index (Phi) is 11.4. The van der Waals surface area contributed by atoms with Crippen molar-refractivity contribution in [1.29, 1.82) is 0 Å². The molecule has 1 aromatic rings. The van der Waals surface area contributed by atoms with Crippen molar-refractivity contribution in [2.45, 2.75) is 58.3 Å². The van der Waals surface area contributed by atoms with E-state index in [1.54, 1.807) is 24.0 Å². The van der Waals surface area contributed by atoms with Crippen molar-refractivity contribution in [3.8, 4) is 11.5 Å². The lowest BCUT2D eigenvalue weighted by atomic mass is 9.87. The van der Waals surface area contributed by atoms with Gasteiger partial charge < -0.3 is 29.9 Å². The van der Waals surface area contributed by atoms with Gasteiger partial charge in [0.25, 0.3) is 0 Å². The zero-order valence-electron chi connectivity index (χ0n) is 20.6. The maximum atomic E-state index is 12.9. The summed E-state index contributed by atoms with van der Waals surface area (Å²) in [4.78, 5) is 38.6. The van der Waals surface area contributed by atoms with Gasteiger partial charge in [-0.05, 0) is 53.1 Å². The number of benzene rings is 1. The molecule has 35 heavy (non-hydrogen) atoms. The third-order valence-electron chi connectivity index (χ3n) is 5.83. The Labute approximate surface area is 220 Å². The Balaban J connectivity index is 2.48. The van der Waals surface area contributed by atoms with Gasteiger partial charge in [-0.25, -0.2) is 0 Å². The molecule has 2 rings (SSSR count). The van der Waals surface area contributed by atoms with Gasteiger partial charge in [0, 0.05) is 37.1 Å². The monoisotopic (exact) mass is 602 g/mol. The summed E-state index contributed by atoms with van der Waals surface area (Å²) in [6.45, 7) is 6.20. The van der Waals surface area contributed by atoms with Crippen LogP contribution >= 0.6 is 22.6 Å². The van der Waals surface area contributed by atoms with Crippen LogP contribution in [0.15, 0.2) is 23.8 Å². The molecule has 0 saturated heterocycles. The van der Waals surface area contributed by atoms with Crippen molar-refractivity contribution in [1.82, 2.24) is 10.2 Å². The van der Waals surface area contributed by atoms with E-state index in [1.165, 1.54) is 13.2 Å². The second-order valence-electron chi connectivity index (χ2n) is 8.79. The number of ether oxygens (including phenoxy) is 2. The van der Waals surface area contributed by atoms with Crippen LogP contribution in [0, 0.1) is 9.49 Å². The highest BCUT2D eigenvalue weighted by Gasteiger charge is 2.40. The van der Waals surface area contributed by atoms with Gasteiger partial charge in [0.1, 0.15) is 18.5 Å². The van der Waals surface area contributed by atoms with Crippen LogP contribution in [-0.2, 0) is 9.59 Å². The Morgan fingerprint density at radius 2 is 2.06 bits per heavy atom. The molecule has 0 aliphatic heterocycles. The molecule has 0 fully saturated rings. The summed E-state index contributed by atoms with van der Waals surface area (Å²) in [5, 5.41) is 23.1. The number of halogens is 1. The molecule has 3 atom stereocenters. The largest absolute Gasteiger partial charge is 0.493 e. The van der Waals surface area contributed by atoms with Crippen molar-refractivity contribution in [3.05, 3.63) is 32.9 Å². The molecule has 0 aromatic heterocycles. The van der Waals surface area contributed by atoms with Crippen LogP contribution < -0.4 is 14.8 Å². The molecular weight excluding hydrogens is 567 g/mol. The molecule has 2 amide bonds. The predicted molar refractivity (Wildman–Crippen MR) is 140 cm³/mol. The SMILES string of the molecule is CCC(=O)N(CCC(C)C)C1CC(C(=O)NCCO)=CC(Oc2c(I)cc(C=O)cc2OC)C1O. The molecule has 0 radical (unpaired) electrons. The van der Waals surface area contributed by atoms with Crippen LogP contribution in [0.25, 0.3) is 0 Å². The van der Waals surface area contributed by atoms with Crippen LogP contribution in [0.2, 0.25) is 0 Å². The lowest BCUT2D eigenvalue weighted by molar-refractivity contribution is -0.138. The van der Waals surface area contributed by atoms with E-state index in [9.17, 15) is 19.5 Å². The lowest BCUT2D eigenvalue weighted by Crippen LogP contribution is -2.55. The number of methoxy groups -OCH3 is 1. The van der Waals surface area contributed by atoms with Gasteiger partial charge in [-0.15, -0.1) is 0 Å². The molecule has 0 bridgehead atoms. The number of rotatable bonds is 12. The van der Waals surface area contributed by atoms with Crippen molar-refractivity contribution in [2.24, 2.45) is 5.92 Å². The minimum Gasteiger partial charge on any atom is -0.493 e. The number of aliphatic hydroxyl groups is 2. The molecule has 1 aromatic carbocycles. The van der Waals surface area contributed by atoms with E-state index in [-0.39, 0.29) is 31.9 Å². The fourth-order valence-electron chi connectivity index (χ4n) is 3.91. The van der Waals surface area contributed by atoms with Gasteiger partial charge in [0.05, 0.1) is 23.3 Å². The maximum absolute atomic E-state index is 12.9. The van der Waals surface area contributed by atoms with Gasteiger partial charge in [0.15, 0.2) is 11.5 Å². The fourth-order valence-corrected chi connectivity index (χ4v) is 4.67. The Hall–Kier alpha value is -2.18. The fraction of sp³-hybridized carbons (Fsp3) is 0.560. The first kappa shape index (κ1) is 29.1. The quantitative estimate of drug-likeness (QED) is 0.248. The molecule has 3 N–H and O–H groups in total. The average Bonchev–Trinajstić information content (AvgIpc) is 2.84. The summed E-state index contributed by atoms with van der Waals surface area (Å²) < 4.78 is 12.2. The van der Waals surface area contributed by atoms with Crippen molar-refractivity contribution in [2.75, 3.05) is 26.8 Å². The third-order valence-corrected chi connectivity index (χ3v) is 6.63. The van der Waals surface area contributed by atoms with Gasteiger partial charge in [0.2, 0.25) is 11.8 Å². The van der Waals surface area contributed by atoms with E-state index in [4.69, 9.17) is 14.6 Å². The number of carbonyl (C=O) groups is 3. The number of aliphatic hydroxyl groups excluding tert-OH is 2. The number of hydrogen-bond acceptors (Lipinski definition) is 7. The first-order valence-corrected chi connectivity index (χ1v) is 12.8. The van der Waals surface area contributed by atoms with Gasteiger partial charge >= 0.3 is 0 Å². The Bertz CT molecular complexity index is 935. The normalized spacial score (nSPS) is 19.7. The molecule has 3 unspecified atom stereocenters. The zero-order valence-corrected chi connectivity index (χ0v) is 22.8. The van der Waals surface area contributed by atoms with E-state index >= 15 is 0 Å². The standard InChI is InChI=1S/C25H35IN2O7/c1-5-22(31)28(8-6-15(2)3)19-12-17(25(33)27-7-9-29)13-20(23(19)32)35-24-18(26)10-16(14-30)11-21(24)34-4/h10-11,13-15,19-20,23,29,32H,5-9,12H2,1-4H3,(H,27,33). The van der Waals surface area contributed by atoms with E-state index in [2.05, 4.69) is 19.2 Å². The maximum Gasteiger partial charge on any atom is 0.247 e. The average molecular weight is 602 g/mol. The minimum absolute atomic E-state index is 0.0821. The number of aldehydes is 1. The Morgan fingerprint density at radius 3 is 2.63 bits per heavy atom. The molecule has 1 aliphatic rings. The molecule has 0 heterocycles. The summed E-state index contributed by atoms with van der Waals surface area (Å²) >= 11 is 2.02. The first-order valence-electron chi connectivity index (χ1n) is 11.7. The summed E-state index contributed by atoms with van der Waals surface area (Å²) in [7, 11) is 1.45. The lowest BCUT2D eigenvalue weighted by Gasteiger charge is -2.41. The highest BCUT2D eigenvalue weighted by molar-refractivity contribution is 14.1. The molecular formula is C25H35IN2O7. The predicted octanol–water partition coefficient (Wildman–Crippen LogP) is 2.31. The number of nitrogens with zero attached hydrogens (tertiary/aromatic N) is 1. The second-order valence-corrected chi connectivity index (χ2v) is 9.95. The van der Waals surface area contributed by atoms with Crippen LogP contribution in [0.1, 0.15) is 50.4 Å². The van der Waals surface area contributed by atoms with Gasteiger partial charge in [-0.3, -0.25) is 14.4 Å². The molecule has 1 aliphatic carbocycles. The van der Waals surface area contributed by atoms with E-state index < -0.39 is 24.2 Å². The van der Waals surface area contributed by atoms with Crippen LogP contribution in [0.4, 0.5) is 0 Å². The van der Waals surface area contributed by atoms with Crippen molar-refractivity contribution >= 4 is 40.7 Å². The van der Waals surface area contributed by atoms with Gasteiger partial charge in [-0.2, -0.15) is 0 Å². The van der Waals surface area contributed by atoms with E-state index in [1.807, 2.05) is 22.6 Å². The van der Waals surface area contributed by atoms with E-state index in [0.29, 0.717) is 45.0 Å². The summed E-state index contributed by atoms with van der Waals surface area (Å²) in [5.41, 5.74) is 0.768. The molecule has 10 heteroatoms. The molecule has 0 saturated carbocycles. The first-order chi connectivity index (χ1) is 16.7. The van der Waals surface area contributed by atoms with Crippen molar-refractivity contribution < 1.29 is 34.1 Å². The van der Waals surface area contributed by atoms with Crippen molar-refractivity contribution in [3.63, 3.8) is 0 Å². The summed E-state index contributed by atoms with van der Waals surface area (Å²) in [6.07, 6.45) is 1.34. The van der Waals surface area contributed by atoms with Crippen LogP contribution in [0.5, 0.6) is 11.5 Å². The number of nitrogens with one attached hydrogen (secondary N) is 1. The second kappa shape index (κ2) is 13.8. The third kappa shape index (κ3) is 7.65. The number of amides is 2. The van der Waals surface area contributed by atoms with Crippen LogP contribution in [-0.4, -0.2) is 78.3 Å². The zero-order chi connectivity index (χ0) is 26.1. The smallest absolute Gasteiger partial charge is 0.247 e. The molecule has 0 spiro atoms. The minimum atomic E-state index is -1.11. The van der Waals surface area contributed by atoms with Crippen LogP contribution in [0.3, 0.4) is 0 Å². The number of carbonyl (C=O) groups excluding carboxylic acids is 3. The molecule has 194 valence electrons. The molecule has 9 nitrogen and oxygen atoms in total. The highest BCUT2D eigenvalue weighted by Crippen LogP contribution is 2.37. The summed E-state index contributed by atoms with van der Waals surface area (Å²) in [5.74, 6) is 0.475. The van der Waals surface area contributed by atoms with E-state index in [0.717, 1.165) is 6.42 Å². The topological polar surface area (TPSA) is 125 Å². The Morgan fingerprint density at radius 1 is 1.34 bits per heavy atom. The number of hydrogen-bond donors (Lipinski definition) is 3. The van der Waals surface area contributed by atoms with Gasteiger partial charge in [-0.1, -0.05) is 20.8 Å².